The molecule has 1 heterocycles. The van der Waals surface area contributed by atoms with Gasteiger partial charge in [0, 0.05) is 7.05 Å². The highest BCUT2D eigenvalue weighted by Crippen LogP contribution is 2.34. The van der Waals surface area contributed by atoms with Crippen molar-refractivity contribution in [3.05, 3.63) is 29.3 Å². The number of carbonyl (C=O) groups excluding carboxylic acids is 1. The smallest absolute Gasteiger partial charge is 0.380 e. The third-order valence-corrected chi connectivity index (χ3v) is 4.95. The zero-order valence-electron chi connectivity index (χ0n) is 12.9. The molecule has 0 bridgehead atoms. The van der Waals surface area contributed by atoms with Crippen LogP contribution in [0.5, 0.6) is 0 Å². The number of hydrogen-bond donors (Lipinski definition) is 1. The van der Waals surface area contributed by atoms with Crippen LogP contribution in [0.1, 0.15) is 31.3 Å². The Kier molecular flexibility index (Phi) is 4.68. The van der Waals surface area contributed by atoms with Gasteiger partial charge in [0.1, 0.15) is 5.01 Å². The summed E-state index contributed by atoms with van der Waals surface area (Å²) in [4.78, 5) is 17.7. The molecule has 0 saturated heterocycles. The maximum Gasteiger partial charge on any atom is 0.417 e. The number of thiazole rings is 1. The standard InChI is InChI=1S/C15H17F3N2O2S/c1-9(13-19-10-6-4-5-7-11(10)23-13)20(3)12(21)8-14(2,22)15(16,17)18/h4-7,9,22H,8H2,1-3H3/t9-,14+/m0/s1. The van der Waals surface area contributed by atoms with E-state index in [1.54, 1.807) is 6.92 Å². The largest absolute Gasteiger partial charge is 0.417 e. The van der Waals surface area contributed by atoms with Gasteiger partial charge in [-0.3, -0.25) is 4.79 Å². The molecule has 2 rings (SSSR count). The van der Waals surface area contributed by atoms with E-state index in [0.717, 1.165) is 10.2 Å². The zero-order valence-corrected chi connectivity index (χ0v) is 13.7. The van der Waals surface area contributed by atoms with Gasteiger partial charge in [-0.25, -0.2) is 4.98 Å². The van der Waals surface area contributed by atoms with Crippen molar-refractivity contribution in [2.24, 2.45) is 0 Å². The van der Waals surface area contributed by atoms with Gasteiger partial charge in [0.2, 0.25) is 5.91 Å². The van der Waals surface area contributed by atoms with E-state index in [4.69, 9.17) is 0 Å². The highest BCUT2D eigenvalue weighted by molar-refractivity contribution is 7.18. The van der Waals surface area contributed by atoms with Gasteiger partial charge in [0.25, 0.3) is 0 Å². The number of alkyl halides is 3. The van der Waals surface area contributed by atoms with Crippen LogP contribution in [0.4, 0.5) is 13.2 Å². The van der Waals surface area contributed by atoms with Crippen molar-refractivity contribution >= 4 is 27.5 Å². The summed E-state index contributed by atoms with van der Waals surface area (Å²) in [5.41, 5.74) is -2.27. The highest BCUT2D eigenvalue weighted by atomic mass is 32.1. The van der Waals surface area contributed by atoms with Crippen molar-refractivity contribution in [3.63, 3.8) is 0 Å². The Bertz CT molecular complexity index is 679. The molecule has 23 heavy (non-hydrogen) atoms. The molecule has 0 aliphatic rings. The Labute approximate surface area is 135 Å². The molecule has 1 aromatic heterocycles. The van der Waals surface area contributed by atoms with Crippen molar-refractivity contribution in [2.75, 3.05) is 7.05 Å². The Morgan fingerprint density at radius 1 is 1.39 bits per heavy atom. The SMILES string of the molecule is C[C@@H](c1nc2ccccc2s1)N(C)C(=O)C[C@@](C)(O)C(F)(F)F. The quantitative estimate of drug-likeness (QED) is 0.922. The minimum atomic E-state index is -4.86. The Morgan fingerprint density at radius 3 is 2.57 bits per heavy atom. The van der Waals surface area contributed by atoms with Crippen molar-refractivity contribution in [2.45, 2.75) is 38.1 Å². The predicted octanol–water partition coefficient (Wildman–Crippen LogP) is 3.52. The summed E-state index contributed by atoms with van der Waals surface area (Å²) in [6, 6.07) is 6.94. The molecule has 1 N–H and O–H groups in total. The van der Waals surface area contributed by atoms with E-state index < -0.39 is 30.1 Å². The van der Waals surface area contributed by atoms with Crippen LogP contribution in [0.25, 0.3) is 10.2 Å². The molecule has 0 aliphatic carbocycles. The van der Waals surface area contributed by atoms with Gasteiger partial charge >= 0.3 is 6.18 Å². The highest BCUT2D eigenvalue weighted by Gasteiger charge is 2.51. The molecule has 1 aromatic carbocycles. The van der Waals surface area contributed by atoms with Crippen LogP contribution in [0.15, 0.2) is 24.3 Å². The first-order chi connectivity index (χ1) is 10.5. The molecule has 126 valence electrons. The molecular weight excluding hydrogens is 329 g/mol. The lowest BCUT2D eigenvalue weighted by molar-refractivity contribution is -0.254. The molecule has 0 radical (unpaired) electrons. The number of halogens is 3. The maximum absolute atomic E-state index is 12.7. The summed E-state index contributed by atoms with van der Waals surface area (Å²) in [5.74, 6) is -0.793. The van der Waals surface area contributed by atoms with Crippen LogP contribution in [0.2, 0.25) is 0 Å². The number of aliphatic hydroxyl groups is 1. The topological polar surface area (TPSA) is 53.4 Å². The number of amides is 1. The van der Waals surface area contributed by atoms with Gasteiger partial charge in [0.15, 0.2) is 5.60 Å². The van der Waals surface area contributed by atoms with E-state index in [1.807, 2.05) is 24.3 Å². The number of aromatic nitrogens is 1. The van der Waals surface area contributed by atoms with E-state index in [9.17, 15) is 23.1 Å². The number of nitrogens with zero attached hydrogens (tertiary/aromatic N) is 2. The van der Waals surface area contributed by atoms with Crippen molar-refractivity contribution in [1.82, 2.24) is 9.88 Å². The summed E-state index contributed by atoms with van der Waals surface area (Å²) in [6.07, 6.45) is -5.88. The van der Waals surface area contributed by atoms with Crippen molar-refractivity contribution in [3.8, 4) is 0 Å². The number of fused-ring (bicyclic) bond motifs is 1. The fourth-order valence-electron chi connectivity index (χ4n) is 1.97. The third kappa shape index (κ3) is 3.64. The first kappa shape index (κ1) is 17.7. The normalized spacial score (nSPS) is 16.1. The van der Waals surface area contributed by atoms with Gasteiger partial charge in [-0.2, -0.15) is 13.2 Å². The lowest BCUT2D eigenvalue weighted by atomic mass is 10.0. The molecule has 2 aromatic rings. The molecule has 8 heteroatoms. The molecule has 4 nitrogen and oxygen atoms in total. The van der Waals surface area contributed by atoms with Crippen LogP contribution in [0, 0.1) is 0 Å². The molecular formula is C15H17F3N2O2S. The Hall–Kier alpha value is -1.67. The number of hydrogen-bond acceptors (Lipinski definition) is 4. The van der Waals surface area contributed by atoms with E-state index in [2.05, 4.69) is 4.98 Å². The van der Waals surface area contributed by atoms with Crippen LogP contribution >= 0.6 is 11.3 Å². The molecule has 0 spiro atoms. The first-order valence-electron chi connectivity index (χ1n) is 6.93. The summed E-state index contributed by atoms with van der Waals surface area (Å²) in [6.45, 7) is 2.29. The number of benzene rings is 1. The second-order valence-corrected chi connectivity index (χ2v) is 6.71. The first-order valence-corrected chi connectivity index (χ1v) is 7.75. The van der Waals surface area contributed by atoms with E-state index in [1.165, 1.54) is 23.3 Å². The van der Waals surface area contributed by atoms with Crippen LogP contribution in [-0.2, 0) is 4.79 Å². The molecule has 0 saturated carbocycles. The molecule has 0 unspecified atom stereocenters. The number of carbonyl (C=O) groups is 1. The van der Waals surface area contributed by atoms with Gasteiger partial charge in [0.05, 0.1) is 22.7 Å². The molecule has 2 atom stereocenters. The zero-order chi connectivity index (χ0) is 17.4. The number of para-hydroxylation sites is 1. The predicted molar refractivity (Wildman–Crippen MR) is 82.1 cm³/mol. The Morgan fingerprint density at radius 2 is 2.00 bits per heavy atom. The second-order valence-electron chi connectivity index (χ2n) is 5.65. The average Bonchev–Trinajstić information content (AvgIpc) is 2.87. The Balaban J connectivity index is 2.15. The van der Waals surface area contributed by atoms with Gasteiger partial charge in [-0.05, 0) is 26.0 Å². The minimum absolute atomic E-state index is 0.482. The van der Waals surface area contributed by atoms with Crippen LogP contribution < -0.4 is 0 Å². The lowest BCUT2D eigenvalue weighted by Gasteiger charge is -2.30. The summed E-state index contributed by atoms with van der Waals surface area (Å²) < 4.78 is 39.0. The second kappa shape index (κ2) is 6.09. The molecule has 0 fully saturated rings. The number of rotatable bonds is 4. The van der Waals surface area contributed by atoms with E-state index >= 15 is 0 Å². The maximum atomic E-state index is 12.7. The fraction of sp³-hybridized carbons (Fsp3) is 0.467. The van der Waals surface area contributed by atoms with Gasteiger partial charge < -0.3 is 10.0 Å². The molecule has 1 amide bonds. The van der Waals surface area contributed by atoms with E-state index in [0.29, 0.717) is 11.9 Å². The third-order valence-electron chi connectivity index (χ3n) is 3.75. The average molecular weight is 346 g/mol. The molecule has 0 aliphatic heterocycles. The lowest BCUT2D eigenvalue weighted by Crippen LogP contribution is -2.46. The summed E-state index contributed by atoms with van der Waals surface area (Å²) >= 11 is 1.38. The monoisotopic (exact) mass is 346 g/mol. The van der Waals surface area contributed by atoms with Gasteiger partial charge in [-0.1, -0.05) is 12.1 Å². The van der Waals surface area contributed by atoms with Crippen molar-refractivity contribution < 1.29 is 23.1 Å². The van der Waals surface area contributed by atoms with Crippen LogP contribution in [-0.4, -0.2) is 39.7 Å². The fourth-order valence-corrected chi connectivity index (χ4v) is 3.03. The van der Waals surface area contributed by atoms with E-state index in [-0.39, 0.29) is 0 Å². The summed E-state index contributed by atoms with van der Waals surface area (Å²) in [5, 5.41) is 10.1. The van der Waals surface area contributed by atoms with Gasteiger partial charge in [-0.15, -0.1) is 11.3 Å². The van der Waals surface area contributed by atoms with Crippen molar-refractivity contribution in [1.29, 1.82) is 0 Å². The summed E-state index contributed by atoms with van der Waals surface area (Å²) in [7, 11) is 1.41. The van der Waals surface area contributed by atoms with Crippen LogP contribution in [0.3, 0.4) is 0 Å². The minimum Gasteiger partial charge on any atom is -0.380 e.